The minimum absolute atomic E-state index is 0.349. The number of nitrogens with zero attached hydrogens (tertiary/aromatic N) is 4. The molecule has 37 heavy (non-hydrogen) atoms. The highest BCUT2D eigenvalue weighted by molar-refractivity contribution is 6.09. The fourth-order valence-electron chi connectivity index (χ4n) is 5.38. The molecule has 0 aliphatic heterocycles. The van der Waals surface area contributed by atoms with Gasteiger partial charge in [-0.15, -0.1) is 0 Å². The second kappa shape index (κ2) is 8.72. The fraction of sp³-hybridized carbons (Fsp3) is 0.0303. The lowest BCUT2D eigenvalue weighted by molar-refractivity contribution is 1.02. The summed E-state index contributed by atoms with van der Waals surface area (Å²) in [6, 6.07) is 33.0. The molecule has 4 aromatic carbocycles. The number of nitriles is 2. The van der Waals surface area contributed by atoms with Gasteiger partial charge in [-0.05, 0) is 37.3 Å². The largest absolute Gasteiger partial charge is 0.311 e. The molecular formula is C33H22N4. The van der Waals surface area contributed by atoms with Crippen LogP contribution in [0.2, 0.25) is 0 Å². The molecule has 0 atom stereocenters. The summed E-state index contributed by atoms with van der Waals surface area (Å²) in [4.78, 5) is 0. The van der Waals surface area contributed by atoms with Crippen LogP contribution in [0.1, 0.15) is 22.4 Å². The van der Waals surface area contributed by atoms with Crippen LogP contribution in [0.25, 0.3) is 50.2 Å². The molecule has 0 saturated carbocycles. The van der Waals surface area contributed by atoms with E-state index in [1.807, 2.05) is 54.6 Å². The SMILES string of the molecule is C=C/C=C\c1c(C)n(-c2cc(C#N)c(C#N)cc2-n2c3ccccc3c3ccccc32)c2ccccc12. The maximum atomic E-state index is 9.95. The molecule has 0 aliphatic carbocycles. The van der Waals surface area contributed by atoms with E-state index in [2.05, 4.69) is 77.2 Å². The molecule has 0 radical (unpaired) electrons. The van der Waals surface area contributed by atoms with E-state index in [1.165, 1.54) is 0 Å². The van der Waals surface area contributed by atoms with Crippen LogP contribution in [-0.2, 0) is 0 Å². The van der Waals surface area contributed by atoms with Crippen molar-refractivity contribution in [2.24, 2.45) is 0 Å². The van der Waals surface area contributed by atoms with Gasteiger partial charge in [-0.2, -0.15) is 10.5 Å². The van der Waals surface area contributed by atoms with Gasteiger partial charge in [0, 0.05) is 27.4 Å². The molecule has 0 fully saturated rings. The van der Waals surface area contributed by atoms with Crippen molar-refractivity contribution in [2.75, 3.05) is 0 Å². The lowest BCUT2D eigenvalue weighted by Gasteiger charge is -2.18. The smallest absolute Gasteiger partial charge is 0.101 e. The Balaban J connectivity index is 1.81. The zero-order valence-electron chi connectivity index (χ0n) is 20.3. The third-order valence-electron chi connectivity index (χ3n) is 6.98. The summed E-state index contributed by atoms with van der Waals surface area (Å²) < 4.78 is 4.40. The lowest BCUT2D eigenvalue weighted by Crippen LogP contribution is -2.07. The summed E-state index contributed by atoms with van der Waals surface area (Å²) in [5.74, 6) is 0. The second-order valence-corrected chi connectivity index (χ2v) is 8.93. The van der Waals surface area contributed by atoms with Gasteiger partial charge in [0.25, 0.3) is 0 Å². The zero-order valence-corrected chi connectivity index (χ0v) is 20.3. The van der Waals surface area contributed by atoms with Crippen LogP contribution in [0.15, 0.2) is 104 Å². The number of aromatic nitrogens is 2. The van der Waals surface area contributed by atoms with E-state index in [0.29, 0.717) is 11.1 Å². The molecule has 0 unspecified atom stereocenters. The van der Waals surface area contributed by atoms with Gasteiger partial charge >= 0.3 is 0 Å². The number of rotatable bonds is 4. The first-order valence-electron chi connectivity index (χ1n) is 12.0. The van der Waals surface area contributed by atoms with Gasteiger partial charge in [-0.25, -0.2) is 0 Å². The Labute approximate surface area is 214 Å². The Morgan fingerprint density at radius 3 is 1.65 bits per heavy atom. The van der Waals surface area contributed by atoms with Crippen LogP contribution < -0.4 is 0 Å². The normalized spacial score (nSPS) is 11.3. The third kappa shape index (κ3) is 3.28. The van der Waals surface area contributed by atoms with Crippen molar-refractivity contribution in [3.63, 3.8) is 0 Å². The molecule has 0 amide bonds. The Kier molecular flexibility index (Phi) is 5.22. The molecule has 6 aromatic rings. The predicted molar refractivity (Wildman–Crippen MR) is 151 cm³/mol. The standard InChI is InChI=1S/C33H22N4/c1-3-4-11-25-22(2)36(29-15-8-5-12-26(25)29)32-18-23(20-34)24(21-35)19-33(32)37-30-16-9-6-13-27(30)28-14-7-10-17-31(28)37/h3-19H,1H2,2H3/b11-4-. The first-order chi connectivity index (χ1) is 18.2. The van der Waals surface area contributed by atoms with Crippen molar-refractivity contribution >= 4 is 38.8 Å². The number of para-hydroxylation sites is 3. The van der Waals surface area contributed by atoms with Crippen LogP contribution >= 0.6 is 0 Å². The van der Waals surface area contributed by atoms with Crippen molar-refractivity contribution in [3.05, 3.63) is 126 Å². The summed E-state index contributed by atoms with van der Waals surface area (Å²) in [5.41, 5.74) is 7.62. The maximum Gasteiger partial charge on any atom is 0.101 e. The van der Waals surface area contributed by atoms with Gasteiger partial charge in [0.2, 0.25) is 0 Å². The van der Waals surface area contributed by atoms with E-state index in [0.717, 1.165) is 55.3 Å². The van der Waals surface area contributed by atoms with E-state index in [4.69, 9.17) is 0 Å². The van der Waals surface area contributed by atoms with E-state index in [9.17, 15) is 10.5 Å². The summed E-state index contributed by atoms with van der Waals surface area (Å²) in [6.45, 7) is 5.92. The number of hydrogen-bond donors (Lipinski definition) is 0. The summed E-state index contributed by atoms with van der Waals surface area (Å²) >= 11 is 0. The van der Waals surface area contributed by atoms with Crippen molar-refractivity contribution in [1.82, 2.24) is 9.13 Å². The van der Waals surface area contributed by atoms with Crippen LogP contribution in [0.3, 0.4) is 0 Å². The summed E-state index contributed by atoms with van der Waals surface area (Å²) in [6.07, 6.45) is 5.77. The Bertz CT molecular complexity index is 1930. The average molecular weight is 475 g/mol. The van der Waals surface area contributed by atoms with Crippen LogP contribution in [0, 0.1) is 29.6 Å². The Morgan fingerprint density at radius 1 is 0.676 bits per heavy atom. The third-order valence-corrected chi connectivity index (χ3v) is 6.98. The highest BCUT2D eigenvalue weighted by Gasteiger charge is 2.21. The topological polar surface area (TPSA) is 57.4 Å². The van der Waals surface area contributed by atoms with Crippen molar-refractivity contribution in [2.45, 2.75) is 6.92 Å². The highest BCUT2D eigenvalue weighted by Crippen LogP contribution is 2.38. The predicted octanol–water partition coefficient (Wildman–Crippen LogP) is 7.98. The molecule has 2 heterocycles. The summed E-state index contributed by atoms with van der Waals surface area (Å²) in [5, 5.41) is 23.3. The van der Waals surface area contributed by atoms with Crippen LogP contribution in [0.4, 0.5) is 0 Å². The minimum atomic E-state index is 0.349. The van der Waals surface area contributed by atoms with Gasteiger partial charge < -0.3 is 9.13 Å². The molecule has 174 valence electrons. The molecule has 4 heteroatoms. The van der Waals surface area contributed by atoms with Gasteiger partial charge in [-0.3, -0.25) is 0 Å². The van der Waals surface area contributed by atoms with E-state index >= 15 is 0 Å². The molecule has 0 bridgehead atoms. The maximum absolute atomic E-state index is 9.95. The molecule has 0 saturated heterocycles. The first kappa shape index (κ1) is 22.2. The Morgan fingerprint density at radius 2 is 1.14 bits per heavy atom. The number of benzene rings is 4. The average Bonchev–Trinajstić information content (AvgIpc) is 3.42. The van der Waals surface area contributed by atoms with Crippen LogP contribution in [-0.4, -0.2) is 9.13 Å². The summed E-state index contributed by atoms with van der Waals surface area (Å²) in [7, 11) is 0. The number of fused-ring (bicyclic) bond motifs is 4. The van der Waals surface area contributed by atoms with Crippen molar-refractivity contribution in [1.29, 1.82) is 10.5 Å². The highest BCUT2D eigenvalue weighted by atomic mass is 15.1. The first-order valence-corrected chi connectivity index (χ1v) is 12.0. The molecule has 6 rings (SSSR count). The van der Waals surface area contributed by atoms with E-state index < -0.39 is 0 Å². The van der Waals surface area contributed by atoms with E-state index in [-0.39, 0.29) is 0 Å². The molecular weight excluding hydrogens is 452 g/mol. The lowest BCUT2D eigenvalue weighted by atomic mass is 10.1. The van der Waals surface area contributed by atoms with Crippen LogP contribution in [0.5, 0.6) is 0 Å². The number of allylic oxidation sites excluding steroid dienone is 2. The van der Waals surface area contributed by atoms with E-state index in [1.54, 1.807) is 6.08 Å². The fourth-order valence-corrected chi connectivity index (χ4v) is 5.38. The van der Waals surface area contributed by atoms with Gasteiger partial charge in [0.1, 0.15) is 12.1 Å². The zero-order chi connectivity index (χ0) is 25.5. The van der Waals surface area contributed by atoms with Crippen molar-refractivity contribution < 1.29 is 0 Å². The Hall–Kier alpha value is -5.32. The van der Waals surface area contributed by atoms with Gasteiger partial charge in [-0.1, -0.05) is 79.4 Å². The molecule has 2 aromatic heterocycles. The monoisotopic (exact) mass is 474 g/mol. The quantitative estimate of drug-likeness (QED) is 0.243. The van der Waals surface area contributed by atoms with Gasteiger partial charge in [0.15, 0.2) is 0 Å². The number of hydrogen-bond acceptors (Lipinski definition) is 2. The van der Waals surface area contributed by atoms with Gasteiger partial charge in [0.05, 0.1) is 39.1 Å². The molecule has 0 aliphatic rings. The molecule has 4 nitrogen and oxygen atoms in total. The minimum Gasteiger partial charge on any atom is -0.311 e. The molecule has 0 spiro atoms. The second-order valence-electron chi connectivity index (χ2n) is 8.93. The molecule has 0 N–H and O–H groups in total. The van der Waals surface area contributed by atoms with Crippen molar-refractivity contribution in [3.8, 4) is 23.5 Å².